The molecule has 0 radical (unpaired) electrons. The molecular formula is C11H18N2O. The Balaban J connectivity index is 3.12. The zero-order chi connectivity index (χ0) is 10.9. The highest BCUT2D eigenvalue weighted by atomic mass is 16.1. The van der Waals surface area contributed by atoms with E-state index in [-0.39, 0.29) is 17.2 Å². The maximum atomic E-state index is 11.8. The van der Waals surface area contributed by atoms with Crippen molar-refractivity contribution in [2.75, 3.05) is 0 Å². The van der Waals surface area contributed by atoms with E-state index in [1.165, 1.54) is 0 Å². The van der Waals surface area contributed by atoms with Crippen LogP contribution in [0.4, 0.5) is 0 Å². The molecule has 0 amide bonds. The van der Waals surface area contributed by atoms with Gasteiger partial charge in [-0.15, -0.1) is 0 Å². The van der Waals surface area contributed by atoms with Crippen LogP contribution >= 0.6 is 0 Å². The lowest BCUT2D eigenvalue weighted by Crippen LogP contribution is -2.28. The molecule has 3 nitrogen and oxygen atoms in total. The van der Waals surface area contributed by atoms with Crippen molar-refractivity contribution in [1.29, 1.82) is 0 Å². The fourth-order valence-corrected chi connectivity index (χ4v) is 1.32. The van der Waals surface area contributed by atoms with Gasteiger partial charge in [-0.2, -0.15) is 5.10 Å². The van der Waals surface area contributed by atoms with Gasteiger partial charge in [0.1, 0.15) is 5.69 Å². The first-order chi connectivity index (χ1) is 6.34. The Labute approximate surface area is 85.1 Å². The van der Waals surface area contributed by atoms with E-state index < -0.39 is 0 Å². The van der Waals surface area contributed by atoms with Crippen LogP contribution in [0.3, 0.4) is 0 Å². The third kappa shape index (κ3) is 2.03. The van der Waals surface area contributed by atoms with Gasteiger partial charge in [0.15, 0.2) is 5.78 Å². The van der Waals surface area contributed by atoms with E-state index in [9.17, 15) is 4.79 Å². The molecule has 1 aromatic rings. The van der Waals surface area contributed by atoms with Crippen LogP contribution in [0.1, 0.15) is 45.1 Å². The van der Waals surface area contributed by atoms with Crippen molar-refractivity contribution < 1.29 is 4.79 Å². The van der Waals surface area contributed by atoms with Gasteiger partial charge in [0.05, 0.1) is 5.54 Å². The molecule has 1 heterocycles. The predicted octanol–water partition coefficient (Wildman–Crippen LogP) is 2.48. The number of Topliss-reactive ketones (excluding diaryl/α,β-unsaturated/α-hetero) is 1. The summed E-state index contributed by atoms with van der Waals surface area (Å²) in [5.74, 6) is 0.172. The third-order valence-corrected chi connectivity index (χ3v) is 2.05. The lowest BCUT2D eigenvalue weighted by atomic mass is 10.0. The van der Waals surface area contributed by atoms with Crippen LogP contribution in [0.2, 0.25) is 0 Å². The van der Waals surface area contributed by atoms with E-state index in [0.717, 1.165) is 0 Å². The Bertz CT molecular complexity index is 331. The second-order valence-electron chi connectivity index (χ2n) is 4.82. The molecule has 78 valence electrons. The average molecular weight is 194 g/mol. The van der Waals surface area contributed by atoms with Gasteiger partial charge in [-0.25, -0.2) is 0 Å². The second kappa shape index (κ2) is 3.56. The zero-order valence-electron chi connectivity index (χ0n) is 9.53. The van der Waals surface area contributed by atoms with Crippen molar-refractivity contribution in [3.8, 4) is 0 Å². The van der Waals surface area contributed by atoms with Crippen LogP contribution in [-0.4, -0.2) is 15.6 Å². The molecule has 0 aliphatic carbocycles. The smallest absolute Gasteiger partial charge is 0.183 e. The van der Waals surface area contributed by atoms with E-state index in [1.54, 1.807) is 16.9 Å². The quantitative estimate of drug-likeness (QED) is 0.678. The molecule has 0 saturated carbocycles. The predicted molar refractivity (Wildman–Crippen MR) is 56.4 cm³/mol. The van der Waals surface area contributed by atoms with Gasteiger partial charge < -0.3 is 0 Å². The minimum Gasteiger partial charge on any atom is -0.292 e. The molecule has 1 aromatic heterocycles. The molecule has 0 saturated heterocycles. The summed E-state index contributed by atoms with van der Waals surface area (Å²) in [6.07, 6.45) is 1.68. The molecule has 14 heavy (non-hydrogen) atoms. The molecule has 0 atom stereocenters. The first kappa shape index (κ1) is 11.0. The van der Waals surface area contributed by atoms with Crippen LogP contribution in [0.25, 0.3) is 0 Å². The van der Waals surface area contributed by atoms with Gasteiger partial charge >= 0.3 is 0 Å². The molecule has 0 aliphatic rings. The van der Waals surface area contributed by atoms with Crippen LogP contribution in [0.15, 0.2) is 12.3 Å². The Hall–Kier alpha value is -1.12. The third-order valence-electron chi connectivity index (χ3n) is 2.05. The molecule has 0 unspecified atom stereocenters. The molecule has 1 rings (SSSR count). The number of rotatable bonds is 2. The van der Waals surface area contributed by atoms with Gasteiger partial charge in [0.25, 0.3) is 0 Å². The Morgan fingerprint density at radius 1 is 1.43 bits per heavy atom. The lowest BCUT2D eigenvalue weighted by Gasteiger charge is -2.22. The monoisotopic (exact) mass is 194 g/mol. The first-order valence-corrected chi connectivity index (χ1v) is 4.92. The highest BCUT2D eigenvalue weighted by Gasteiger charge is 2.22. The topological polar surface area (TPSA) is 34.9 Å². The molecule has 0 N–H and O–H groups in total. The molecular weight excluding hydrogens is 176 g/mol. The normalized spacial score (nSPS) is 12.1. The van der Waals surface area contributed by atoms with Gasteiger partial charge in [0.2, 0.25) is 0 Å². The molecule has 0 fully saturated rings. The first-order valence-electron chi connectivity index (χ1n) is 4.92. The van der Waals surface area contributed by atoms with Crippen LogP contribution in [-0.2, 0) is 5.54 Å². The molecule has 0 spiro atoms. The largest absolute Gasteiger partial charge is 0.292 e. The maximum absolute atomic E-state index is 11.8. The van der Waals surface area contributed by atoms with Crippen molar-refractivity contribution in [3.05, 3.63) is 18.0 Å². The van der Waals surface area contributed by atoms with E-state index in [2.05, 4.69) is 5.10 Å². The lowest BCUT2D eigenvalue weighted by molar-refractivity contribution is 0.0921. The van der Waals surface area contributed by atoms with Gasteiger partial charge in [-0.3, -0.25) is 9.48 Å². The van der Waals surface area contributed by atoms with E-state index >= 15 is 0 Å². The number of carbonyl (C=O) groups excluding carboxylic acids is 1. The fraction of sp³-hybridized carbons (Fsp3) is 0.636. The standard InChI is InChI=1S/C11H18N2O/c1-8(2)10(14)9-6-7-12-13(9)11(3,4)5/h6-8H,1-5H3. The average Bonchev–Trinajstić information content (AvgIpc) is 2.48. The highest BCUT2D eigenvalue weighted by molar-refractivity contribution is 5.95. The molecule has 0 aliphatic heterocycles. The summed E-state index contributed by atoms with van der Waals surface area (Å²) in [7, 11) is 0. The number of ketones is 1. The van der Waals surface area contributed by atoms with Gasteiger partial charge in [-0.1, -0.05) is 13.8 Å². The van der Waals surface area contributed by atoms with E-state index in [4.69, 9.17) is 0 Å². The summed E-state index contributed by atoms with van der Waals surface area (Å²) in [4.78, 5) is 11.8. The van der Waals surface area contributed by atoms with E-state index in [1.807, 2.05) is 34.6 Å². The van der Waals surface area contributed by atoms with E-state index in [0.29, 0.717) is 5.69 Å². The van der Waals surface area contributed by atoms with Crippen LogP contribution < -0.4 is 0 Å². The fourth-order valence-electron chi connectivity index (χ4n) is 1.32. The molecule has 0 aromatic carbocycles. The number of hydrogen-bond acceptors (Lipinski definition) is 2. The summed E-state index contributed by atoms with van der Waals surface area (Å²) in [6, 6.07) is 1.79. The van der Waals surface area contributed by atoms with Gasteiger partial charge in [-0.05, 0) is 26.8 Å². The molecule has 0 bridgehead atoms. The molecule has 3 heteroatoms. The minimum atomic E-state index is -0.136. The van der Waals surface area contributed by atoms with Crippen molar-refractivity contribution in [2.24, 2.45) is 5.92 Å². The summed E-state index contributed by atoms with van der Waals surface area (Å²) >= 11 is 0. The van der Waals surface area contributed by atoms with Gasteiger partial charge in [0, 0.05) is 12.1 Å². The maximum Gasteiger partial charge on any atom is 0.183 e. The summed E-state index contributed by atoms with van der Waals surface area (Å²) in [5.41, 5.74) is 0.566. The second-order valence-corrected chi connectivity index (χ2v) is 4.82. The van der Waals surface area contributed by atoms with Crippen LogP contribution in [0, 0.1) is 5.92 Å². The summed E-state index contributed by atoms with van der Waals surface area (Å²) < 4.78 is 1.79. The Morgan fingerprint density at radius 3 is 2.43 bits per heavy atom. The van der Waals surface area contributed by atoms with Crippen molar-refractivity contribution >= 4 is 5.78 Å². The minimum absolute atomic E-state index is 0.0211. The zero-order valence-corrected chi connectivity index (χ0v) is 9.53. The Kier molecular flexibility index (Phi) is 2.79. The number of carbonyl (C=O) groups is 1. The number of hydrogen-bond donors (Lipinski definition) is 0. The Morgan fingerprint density at radius 2 is 2.00 bits per heavy atom. The number of nitrogens with zero attached hydrogens (tertiary/aromatic N) is 2. The van der Waals surface area contributed by atoms with Crippen molar-refractivity contribution in [3.63, 3.8) is 0 Å². The summed E-state index contributed by atoms with van der Waals surface area (Å²) in [5, 5.41) is 4.19. The van der Waals surface area contributed by atoms with Crippen molar-refractivity contribution in [1.82, 2.24) is 9.78 Å². The number of aromatic nitrogens is 2. The van der Waals surface area contributed by atoms with Crippen molar-refractivity contribution in [2.45, 2.75) is 40.2 Å². The highest BCUT2D eigenvalue weighted by Crippen LogP contribution is 2.17. The summed E-state index contributed by atoms with van der Waals surface area (Å²) in [6.45, 7) is 9.93. The SMILES string of the molecule is CC(C)C(=O)c1ccnn1C(C)(C)C. The van der Waals surface area contributed by atoms with Crippen LogP contribution in [0.5, 0.6) is 0 Å².